The highest BCUT2D eigenvalue weighted by Gasteiger charge is 2.46. The van der Waals surface area contributed by atoms with Crippen molar-refractivity contribution in [2.45, 2.75) is 5.41 Å². The second kappa shape index (κ2) is 19.7. The maximum absolute atomic E-state index is 4.08. The molecule has 0 N–H and O–H groups in total. The highest BCUT2D eigenvalue weighted by Crippen LogP contribution is 2.57. The average molecular weight is 1010 g/mol. The zero-order valence-electron chi connectivity index (χ0n) is 43.7. The van der Waals surface area contributed by atoms with E-state index in [0.29, 0.717) is 0 Å². The van der Waals surface area contributed by atoms with Crippen molar-refractivity contribution in [3.8, 4) is 61.3 Å². The Balaban J connectivity index is 0.845. The normalized spacial score (nSPS) is 13.5. The molecule has 0 spiro atoms. The van der Waals surface area contributed by atoms with Gasteiger partial charge in [-0.3, -0.25) is 0 Å². The summed E-state index contributed by atoms with van der Waals surface area (Å²) in [4.78, 5) is 2.41. The van der Waals surface area contributed by atoms with Crippen molar-refractivity contribution in [1.82, 2.24) is 4.57 Å². The average Bonchev–Trinajstić information content (AvgIpc) is 4.04. The minimum atomic E-state index is -0.559. The monoisotopic (exact) mass is 1010 g/mol. The van der Waals surface area contributed by atoms with Crippen molar-refractivity contribution < 1.29 is 0 Å². The number of fused-ring (bicyclic) bond motifs is 6. The predicted molar refractivity (Wildman–Crippen MR) is 335 cm³/mol. The largest absolute Gasteiger partial charge is 0.310 e. The topological polar surface area (TPSA) is 8.17 Å². The van der Waals surface area contributed by atoms with Crippen LogP contribution in [0.5, 0.6) is 0 Å². The van der Waals surface area contributed by atoms with E-state index in [0.717, 1.165) is 45.0 Å². The molecular formula is C77H54N2. The summed E-state index contributed by atoms with van der Waals surface area (Å²) in [5.41, 5.74) is 25.3. The van der Waals surface area contributed by atoms with Crippen molar-refractivity contribution in [3.05, 3.63) is 338 Å². The molecule has 12 aromatic carbocycles. The smallest absolute Gasteiger partial charge is 0.0714 e. The van der Waals surface area contributed by atoms with Crippen LogP contribution in [-0.2, 0) is 5.41 Å². The fraction of sp³-hybridized carbons (Fsp3) is 0.0130. The molecule has 1 atom stereocenters. The van der Waals surface area contributed by atoms with Crippen LogP contribution in [0.3, 0.4) is 0 Å². The van der Waals surface area contributed by atoms with Crippen LogP contribution in [0.4, 0.5) is 17.1 Å². The maximum Gasteiger partial charge on any atom is 0.0714 e. The number of anilines is 3. The zero-order chi connectivity index (χ0) is 52.9. The summed E-state index contributed by atoms with van der Waals surface area (Å²) in [6, 6.07) is 107. The molecule has 1 aromatic heterocycles. The van der Waals surface area contributed by atoms with Gasteiger partial charge in [-0.1, -0.05) is 244 Å². The minimum Gasteiger partial charge on any atom is -0.310 e. The van der Waals surface area contributed by atoms with Crippen LogP contribution >= 0.6 is 0 Å². The molecule has 2 nitrogen and oxygen atoms in total. The van der Waals surface area contributed by atoms with E-state index in [4.69, 9.17) is 0 Å². The number of nitrogens with zero attached hydrogens (tertiary/aromatic N) is 2. The highest BCUT2D eigenvalue weighted by molar-refractivity contribution is 6.11. The van der Waals surface area contributed by atoms with Crippen LogP contribution in [0.1, 0.15) is 33.4 Å². The molecule has 1 aliphatic rings. The van der Waals surface area contributed by atoms with Gasteiger partial charge in [-0.05, 0) is 162 Å². The lowest BCUT2D eigenvalue weighted by Crippen LogP contribution is -2.28. The third kappa shape index (κ3) is 8.13. The fourth-order valence-electron chi connectivity index (χ4n) is 12.3. The Kier molecular flexibility index (Phi) is 11.8. The molecule has 0 radical (unpaired) electrons. The van der Waals surface area contributed by atoms with Crippen LogP contribution in [0.15, 0.2) is 304 Å². The lowest BCUT2D eigenvalue weighted by molar-refractivity contribution is 0.768. The van der Waals surface area contributed by atoms with Gasteiger partial charge in [0, 0.05) is 33.5 Å². The lowest BCUT2D eigenvalue weighted by atomic mass is 9.67. The molecule has 14 rings (SSSR count). The van der Waals surface area contributed by atoms with Crippen molar-refractivity contribution >= 4 is 51.0 Å². The summed E-state index contributed by atoms with van der Waals surface area (Å²) in [6.45, 7) is 8.04. The molecule has 0 saturated heterocycles. The standard InChI is InChI=1S/C77H54N2/c1-3-53-24-28-59(29-25-53)61-38-48-75-71(50-61)72-51-62(39-49-76(72)79(75)65-20-12-7-13-21-65)60-32-30-56(31-33-60)58-36-44-67(45-37-58)78(66-42-34-57(35-43-66)55-16-8-5-9-17-55)68-46-47-70-69-22-14-15-23-73(69)77(74(70)52-68,63-18-10-6-11-19-63)64-40-26-54(4-2)27-41-64/h3-52H,1-2H2. The van der Waals surface area contributed by atoms with E-state index in [1.54, 1.807) is 0 Å². The van der Waals surface area contributed by atoms with E-state index in [1.165, 1.54) is 88.6 Å². The first kappa shape index (κ1) is 47.2. The van der Waals surface area contributed by atoms with Crippen molar-refractivity contribution in [2.75, 3.05) is 4.90 Å². The summed E-state index contributed by atoms with van der Waals surface area (Å²) >= 11 is 0. The first-order chi connectivity index (χ1) is 39.0. The summed E-state index contributed by atoms with van der Waals surface area (Å²) in [5.74, 6) is 0. The van der Waals surface area contributed by atoms with E-state index >= 15 is 0 Å². The second-order valence-electron chi connectivity index (χ2n) is 20.6. The predicted octanol–water partition coefficient (Wildman–Crippen LogP) is 20.6. The second-order valence-corrected chi connectivity index (χ2v) is 20.6. The molecule has 0 aliphatic heterocycles. The molecule has 0 saturated carbocycles. The third-order valence-corrected chi connectivity index (χ3v) is 16.2. The molecule has 372 valence electrons. The van der Waals surface area contributed by atoms with Gasteiger partial charge in [-0.15, -0.1) is 0 Å². The van der Waals surface area contributed by atoms with E-state index in [9.17, 15) is 0 Å². The number of aromatic nitrogens is 1. The van der Waals surface area contributed by atoms with Gasteiger partial charge < -0.3 is 9.47 Å². The Hall–Kier alpha value is -10.3. The number of benzene rings is 12. The zero-order valence-corrected chi connectivity index (χ0v) is 43.7. The summed E-state index contributed by atoms with van der Waals surface area (Å²) < 4.78 is 2.39. The number of hydrogen-bond acceptors (Lipinski definition) is 1. The van der Waals surface area contributed by atoms with Crippen LogP contribution in [0, 0.1) is 0 Å². The van der Waals surface area contributed by atoms with Crippen LogP contribution < -0.4 is 4.90 Å². The molecule has 1 unspecified atom stereocenters. The lowest BCUT2D eigenvalue weighted by Gasteiger charge is -2.35. The van der Waals surface area contributed by atoms with Gasteiger partial charge in [-0.2, -0.15) is 0 Å². The van der Waals surface area contributed by atoms with Gasteiger partial charge in [0.1, 0.15) is 0 Å². The van der Waals surface area contributed by atoms with Crippen molar-refractivity contribution in [1.29, 1.82) is 0 Å². The summed E-state index contributed by atoms with van der Waals surface area (Å²) in [5, 5.41) is 2.45. The number of para-hydroxylation sites is 1. The van der Waals surface area contributed by atoms with Gasteiger partial charge in [0.25, 0.3) is 0 Å². The maximum atomic E-state index is 4.08. The molecule has 13 aromatic rings. The van der Waals surface area contributed by atoms with Crippen molar-refractivity contribution in [3.63, 3.8) is 0 Å². The van der Waals surface area contributed by atoms with Gasteiger partial charge in [-0.25, -0.2) is 0 Å². The van der Waals surface area contributed by atoms with Crippen LogP contribution in [-0.4, -0.2) is 4.57 Å². The minimum absolute atomic E-state index is 0.559. The molecule has 1 aliphatic carbocycles. The molecule has 79 heavy (non-hydrogen) atoms. The molecule has 2 heteroatoms. The van der Waals surface area contributed by atoms with E-state index < -0.39 is 5.41 Å². The molecular weight excluding hydrogens is 953 g/mol. The SMILES string of the molecule is C=Cc1ccc(-c2ccc3c(c2)c2cc(-c4ccc(-c5ccc(N(c6ccc(-c7ccccc7)cc6)c6ccc7c(c6)C(c6ccccc6)(c6ccc(C=C)cc6)c6ccccc6-7)cc5)cc4)ccc2n3-c2ccccc2)cc1. The Labute approximate surface area is 462 Å². The molecule has 0 amide bonds. The fourth-order valence-corrected chi connectivity index (χ4v) is 12.3. The third-order valence-electron chi connectivity index (χ3n) is 16.2. The summed E-state index contributed by atoms with van der Waals surface area (Å²) in [6.07, 6.45) is 3.81. The van der Waals surface area contributed by atoms with E-state index in [-0.39, 0.29) is 0 Å². The Bertz CT molecular complexity index is 4380. The molecule has 0 bridgehead atoms. The summed E-state index contributed by atoms with van der Waals surface area (Å²) in [7, 11) is 0. The number of rotatable bonds is 12. The Morgan fingerprint density at radius 3 is 1.24 bits per heavy atom. The Morgan fingerprint density at radius 2 is 0.696 bits per heavy atom. The first-order valence-corrected chi connectivity index (χ1v) is 27.1. The van der Waals surface area contributed by atoms with E-state index in [2.05, 4.69) is 314 Å². The highest BCUT2D eigenvalue weighted by atomic mass is 15.1. The van der Waals surface area contributed by atoms with Crippen LogP contribution in [0.25, 0.3) is 95.3 Å². The van der Waals surface area contributed by atoms with Gasteiger partial charge in [0.15, 0.2) is 0 Å². The molecule has 0 fully saturated rings. The first-order valence-electron chi connectivity index (χ1n) is 27.1. The number of hydrogen-bond donors (Lipinski definition) is 0. The quantitative estimate of drug-likeness (QED) is 0.118. The Morgan fingerprint density at radius 1 is 0.304 bits per heavy atom. The van der Waals surface area contributed by atoms with Crippen LogP contribution in [0.2, 0.25) is 0 Å². The van der Waals surface area contributed by atoms with Crippen molar-refractivity contribution in [2.24, 2.45) is 0 Å². The molecule has 1 heterocycles. The van der Waals surface area contributed by atoms with Gasteiger partial charge in [0.2, 0.25) is 0 Å². The van der Waals surface area contributed by atoms with Gasteiger partial charge in [0.05, 0.1) is 16.4 Å². The van der Waals surface area contributed by atoms with E-state index in [1.807, 2.05) is 12.2 Å². The van der Waals surface area contributed by atoms with Gasteiger partial charge >= 0.3 is 0 Å².